The fourth-order valence-corrected chi connectivity index (χ4v) is 2.17. The number of anilines is 1. The molecule has 0 spiro atoms. The highest BCUT2D eigenvalue weighted by atomic mass is 16.6. The summed E-state index contributed by atoms with van der Waals surface area (Å²) < 4.78 is 0. The number of aryl methyl sites for hydroxylation is 1. The third kappa shape index (κ3) is 3.45. The Morgan fingerprint density at radius 1 is 1.45 bits per heavy atom. The average Bonchev–Trinajstić information content (AvgIpc) is 2.45. The molecule has 1 aromatic carbocycles. The summed E-state index contributed by atoms with van der Waals surface area (Å²) in [6.07, 6.45) is 0. The highest BCUT2D eigenvalue weighted by Crippen LogP contribution is 2.21. The van der Waals surface area contributed by atoms with Crippen molar-refractivity contribution in [2.75, 3.05) is 38.0 Å². The minimum Gasteiger partial charge on any atom is -0.376 e. The summed E-state index contributed by atoms with van der Waals surface area (Å²) >= 11 is 0. The number of amides is 1. The van der Waals surface area contributed by atoms with Crippen LogP contribution in [0.1, 0.15) is 5.56 Å². The van der Waals surface area contributed by atoms with E-state index in [-0.39, 0.29) is 18.1 Å². The molecule has 1 amide bonds. The maximum Gasteiger partial charge on any atom is 0.272 e. The zero-order valence-corrected chi connectivity index (χ0v) is 11.4. The minimum atomic E-state index is -0.412. The van der Waals surface area contributed by atoms with Crippen LogP contribution in [0, 0.1) is 17.0 Å². The molecule has 1 aliphatic heterocycles. The highest BCUT2D eigenvalue weighted by molar-refractivity contribution is 5.81. The van der Waals surface area contributed by atoms with Crippen LogP contribution >= 0.6 is 0 Å². The molecule has 20 heavy (non-hydrogen) atoms. The molecule has 0 unspecified atom stereocenters. The van der Waals surface area contributed by atoms with Crippen LogP contribution in [0.3, 0.4) is 0 Å². The zero-order chi connectivity index (χ0) is 14.5. The summed E-state index contributed by atoms with van der Waals surface area (Å²) in [7, 11) is 0. The molecule has 0 atom stereocenters. The number of hydrogen-bond donors (Lipinski definition) is 2. The van der Waals surface area contributed by atoms with Crippen molar-refractivity contribution in [1.29, 1.82) is 0 Å². The van der Waals surface area contributed by atoms with E-state index >= 15 is 0 Å². The Bertz CT molecular complexity index is 512. The average molecular weight is 278 g/mol. The number of piperazine rings is 1. The van der Waals surface area contributed by atoms with Gasteiger partial charge in [-0.1, -0.05) is 0 Å². The van der Waals surface area contributed by atoms with Gasteiger partial charge in [-0.2, -0.15) is 0 Å². The molecule has 0 aliphatic carbocycles. The van der Waals surface area contributed by atoms with Gasteiger partial charge in [0.05, 0.1) is 11.5 Å². The quantitative estimate of drug-likeness (QED) is 0.626. The molecule has 108 valence electrons. The van der Waals surface area contributed by atoms with Crippen molar-refractivity contribution in [3.05, 3.63) is 33.9 Å². The third-order valence-corrected chi connectivity index (χ3v) is 3.31. The van der Waals surface area contributed by atoms with Crippen LogP contribution in [0.4, 0.5) is 11.4 Å². The number of nitro groups is 1. The molecule has 0 saturated carbocycles. The Balaban J connectivity index is 1.92. The number of hydrogen-bond acceptors (Lipinski definition) is 5. The van der Waals surface area contributed by atoms with Gasteiger partial charge in [0.25, 0.3) is 5.69 Å². The van der Waals surface area contributed by atoms with Gasteiger partial charge in [-0.15, -0.1) is 0 Å². The summed E-state index contributed by atoms with van der Waals surface area (Å²) in [6.45, 7) is 4.98. The van der Waals surface area contributed by atoms with E-state index in [1.165, 1.54) is 6.07 Å². The molecule has 2 rings (SSSR count). The van der Waals surface area contributed by atoms with Gasteiger partial charge in [0.1, 0.15) is 0 Å². The van der Waals surface area contributed by atoms with E-state index in [9.17, 15) is 14.9 Å². The summed E-state index contributed by atoms with van der Waals surface area (Å²) in [6, 6.07) is 4.76. The molecule has 1 saturated heterocycles. The van der Waals surface area contributed by atoms with Gasteiger partial charge in [-0.05, 0) is 19.1 Å². The van der Waals surface area contributed by atoms with Gasteiger partial charge in [0, 0.05) is 43.5 Å². The molecule has 0 bridgehead atoms. The molecule has 1 aromatic rings. The van der Waals surface area contributed by atoms with Crippen LogP contribution in [0.15, 0.2) is 18.2 Å². The SMILES string of the molecule is Cc1cc(NCC(=O)N2CCNCC2)ccc1[N+](=O)[O-]. The lowest BCUT2D eigenvalue weighted by atomic mass is 10.2. The maximum absolute atomic E-state index is 12.0. The number of nitrogens with zero attached hydrogens (tertiary/aromatic N) is 2. The minimum absolute atomic E-state index is 0.0440. The van der Waals surface area contributed by atoms with E-state index in [0.29, 0.717) is 5.56 Å². The van der Waals surface area contributed by atoms with Gasteiger partial charge in [-0.3, -0.25) is 14.9 Å². The first-order chi connectivity index (χ1) is 9.58. The first kappa shape index (κ1) is 14.3. The van der Waals surface area contributed by atoms with Crippen LogP contribution < -0.4 is 10.6 Å². The summed E-state index contributed by atoms with van der Waals surface area (Å²) in [5.41, 5.74) is 1.38. The number of benzene rings is 1. The second kappa shape index (κ2) is 6.33. The van der Waals surface area contributed by atoms with Crippen LogP contribution in [-0.2, 0) is 4.79 Å². The van der Waals surface area contributed by atoms with Crippen molar-refractivity contribution in [1.82, 2.24) is 10.2 Å². The fourth-order valence-electron chi connectivity index (χ4n) is 2.17. The lowest BCUT2D eigenvalue weighted by Gasteiger charge is -2.27. The number of nitrogens with one attached hydrogen (secondary N) is 2. The lowest BCUT2D eigenvalue weighted by molar-refractivity contribution is -0.385. The Morgan fingerprint density at radius 3 is 2.75 bits per heavy atom. The standard InChI is InChI=1S/C13H18N4O3/c1-10-8-11(2-3-12(10)17(19)20)15-9-13(18)16-6-4-14-5-7-16/h2-3,8,14-15H,4-7,9H2,1H3. The molecule has 0 aromatic heterocycles. The van der Waals surface area contributed by atoms with E-state index in [1.807, 2.05) is 4.90 Å². The van der Waals surface area contributed by atoms with Crippen molar-refractivity contribution in [2.24, 2.45) is 0 Å². The molecule has 7 nitrogen and oxygen atoms in total. The van der Waals surface area contributed by atoms with Crippen molar-refractivity contribution < 1.29 is 9.72 Å². The second-order valence-electron chi connectivity index (χ2n) is 4.74. The molecule has 2 N–H and O–H groups in total. The summed E-state index contributed by atoms with van der Waals surface area (Å²) in [4.78, 5) is 24.1. The van der Waals surface area contributed by atoms with Gasteiger partial charge < -0.3 is 15.5 Å². The number of nitro benzene ring substituents is 1. The number of carbonyl (C=O) groups excluding carboxylic acids is 1. The van der Waals surface area contributed by atoms with Gasteiger partial charge >= 0.3 is 0 Å². The molecular weight excluding hydrogens is 260 g/mol. The predicted molar refractivity (Wildman–Crippen MR) is 75.8 cm³/mol. The highest BCUT2D eigenvalue weighted by Gasteiger charge is 2.16. The third-order valence-electron chi connectivity index (χ3n) is 3.31. The van der Waals surface area contributed by atoms with Gasteiger partial charge in [-0.25, -0.2) is 0 Å². The lowest BCUT2D eigenvalue weighted by Crippen LogP contribution is -2.48. The van der Waals surface area contributed by atoms with E-state index < -0.39 is 4.92 Å². The van der Waals surface area contributed by atoms with E-state index in [4.69, 9.17) is 0 Å². The van der Waals surface area contributed by atoms with Crippen molar-refractivity contribution in [3.63, 3.8) is 0 Å². The predicted octanol–water partition coefficient (Wildman–Crippen LogP) is 0.747. The van der Waals surface area contributed by atoms with Crippen molar-refractivity contribution in [2.45, 2.75) is 6.92 Å². The molecule has 1 heterocycles. The monoisotopic (exact) mass is 278 g/mol. The van der Waals surface area contributed by atoms with E-state index in [0.717, 1.165) is 31.9 Å². The molecule has 1 fully saturated rings. The first-order valence-electron chi connectivity index (χ1n) is 6.55. The molecule has 1 aliphatic rings. The fraction of sp³-hybridized carbons (Fsp3) is 0.462. The second-order valence-corrected chi connectivity index (χ2v) is 4.74. The smallest absolute Gasteiger partial charge is 0.272 e. The van der Waals surface area contributed by atoms with Crippen molar-refractivity contribution in [3.8, 4) is 0 Å². The first-order valence-corrected chi connectivity index (χ1v) is 6.55. The maximum atomic E-state index is 12.0. The largest absolute Gasteiger partial charge is 0.376 e. The Kier molecular flexibility index (Phi) is 4.52. The van der Waals surface area contributed by atoms with Gasteiger partial charge in [0.2, 0.25) is 5.91 Å². The summed E-state index contributed by atoms with van der Waals surface area (Å²) in [5, 5.41) is 16.9. The topological polar surface area (TPSA) is 87.5 Å². The molecule has 0 radical (unpaired) electrons. The van der Waals surface area contributed by atoms with Crippen LogP contribution in [-0.4, -0.2) is 48.5 Å². The van der Waals surface area contributed by atoms with Gasteiger partial charge in [0.15, 0.2) is 0 Å². The number of rotatable bonds is 4. The zero-order valence-electron chi connectivity index (χ0n) is 11.4. The molecular formula is C13H18N4O3. The normalized spacial score (nSPS) is 14.9. The van der Waals surface area contributed by atoms with Crippen molar-refractivity contribution >= 4 is 17.3 Å². The Labute approximate surface area is 117 Å². The van der Waals surface area contributed by atoms with E-state index in [2.05, 4.69) is 10.6 Å². The van der Waals surface area contributed by atoms with Crippen LogP contribution in [0.2, 0.25) is 0 Å². The van der Waals surface area contributed by atoms with E-state index in [1.54, 1.807) is 19.1 Å². The molecule has 7 heteroatoms. The van der Waals surface area contributed by atoms with Crippen LogP contribution in [0.5, 0.6) is 0 Å². The summed E-state index contributed by atoms with van der Waals surface area (Å²) in [5.74, 6) is 0.0440. The number of carbonyl (C=O) groups is 1. The Morgan fingerprint density at radius 2 is 2.15 bits per heavy atom. The van der Waals surface area contributed by atoms with Crippen LogP contribution in [0.25, 0.3) is 0 Å². The Hall–Kier alpha value is -2.15.